The molecular weight excluding hydrogens is 316 g/mol. The van der Waals surface area contributed by atoms with E-state index in [0.717, 1.165) is 5.56 Å². The normalized spacial score (nSPS) is 14.0. The second-order valence-corrected chi connectivity index (χ2v) is 8.14. The van der Waals surface area contributed by atoms with Gasteiger partial charge in [0.05, 0.1) is 14.2 Å². The maximum atomic E-state index is 12.2. The van der Waals surface area contributed by atoms with Crippen molar-refractivity contribution in [3.63, 3.8) is 0 Å². The second kappa shape index (κ2) is 7.70. The molecule has 2 N–H and O–H groups in total. The molecule has 7 heteroatoms. The largest absolute Gasteiger partial charge is 0.493 e. The molecule has 1 aromatic carbocycles. The Hall–Kier alpha value is -1.73. The first-order valence-electron chi connectivity index (χ1n) is 7.19. The van der Waals surface area contributed by atoms with Crippen molar-refractivity contribution in [2.24, 2.45) is 0 Å². The van der Waals surface area contributed by atoms with Crippen LogP contribution in [0.5, 0.6) is 11.5 Å². The highest BCUT2D eigenvalue weighted by Gasteiger charge is 2.28. The number of methoxy groups -OCH3 is 2. The van der Waals surface area contributed by atoms with E-state index < -0.39 is 15.2 Å². The summed E-state index contributed by atoms with van der Waals surface area (Å²) >= 11 is 0. The third-order valence-electron chi connectivity index (χ3n) is 3.19. The van der Waals surface area contributed by atoms with Gasteiger partial charge in [-0.2, -0.15) is 0 Å². The lowest BCUT2D eigenvalue weighted by Gasteiger charge is -2.25. The number of hydrogen-bond donors (Lipinski definition) is 2. The lowest BCUT2D eigenvalue weighted by atomic mass is 10.1. The molecule has 130 valence electrons. The van der Waals surface area contributed by atoms with Gasteiger partial charge in [0.15, 0.2) is 11.5 Å². The van der Waals surface area contributed by atoms with Crippen molar-refractivity contribution in [1.82, 2.24) is 10.0 Å². The summed E-state index contributed by atoms with van der Waals surface area (Å²) in [7, 11) is 0.705. The van der Waals surface area contributed by atoms with Crippen molar-refractivity contribution < 1.29 is 18.5 Å². The number of carbonyl (C=O) groups excluding carboxylic acids is 1. The topological polar surface area (TPSA) is 76.7 Å². The van der Waals surface area contributed by atoms with Gasteiger partial charge in [-0.05, 0) is 43.8 Å². The number of hydrogen-bond acceptors (Lipinski definition) is 4. The fourth-order valence-corrected chi connectivity index (χ4v) is 3.34. The molecule has 0 saturated carbocycles. The fourth-order valence-electron chi connectivity index (χ4n) is 2.16. The molecule has 0 radical (unpaired) electrons. The van der Waals surface area contributed by atoms with Crippen LogP contribution < -0.4 is 19.5 Å². The van der Waals surface area contributed by atoms with Crippen molar-refractivity contribution in [3.05, 3.63) is 23.8 Å². The highest BCUT2D eigenvalue weighted by molar-refractivity contribution is 7.97. The summed E-state index contributed by atoms with van der Waals surface area (Å²) in [6.45, 7) is 3.81. The van der Waals surface area contributed by atoms with Crippen LogP contribution in [0.4, 0.5) is 0 Å². The molecule has 0 saturated heterocycles. The van der Waals surface area contributed by atoms with Gasteiger partial charge in [-0.25, -0.2) is 4.72 Å². The van der Waals surface area contributed by atoms with Gasteiger partial charge in [-0.15, -0.1) is 0 Å². The second-order valence-electron chi connectivity index (χ2n) is 5.93. The van der Waals surface area contributed by atoms with Gasteiger partial charge >= 0.3 is 0 Å². The van der Waals surface area contributed by atoms with Crippen molar-refractivity contribution >= 4 is 21.5 Å². The van der Waals surface area contributed by atoms with E-state index in [9.17, 15) is 9.00 Å². The van der Waals surface area contributed by atoms with E-state index in [1.807, 2.05) is 18.2 Å². The van der Waals surface area contributed by atoms with Crippen LogP contribution in [0.2, 0.25) is 0 Å². The third kappa shape index (κ3) is 6.11. The molecule has 0 aromatic heterocycles. The Morgan fingerprint density at radius 3 is 2.39 bits per heavy atom. The molecular formula is C16H26N2O4S. The Morgan fingerprint density at radius 2 is 1.87 bits per heavy atom. The van der Waals surface area contributed by atoms with Crippen LogP contribution in [-0.2, 0) is 20.9 Å². The van der Waals surface area contributed by atoms with E-state index >= 15 is 0 Å². The molecule has 0 aliphatic rings. The Bertz CT molecular complexity index is 654. The zero-order chi connectivity index (χ0) is 17.7. The average Bonchev–Trinajstić information content (AvgIpc) is 2.44. The van der Waals surface area contributed by atoms with Gasteiger partial charge in [0.25, 0.3) is 0 Å². The molecule has 1 amide bonds. The van der Waals surface area contributed by atoms with Gasteiger partial charge in [-0.3, -0.25) is 9.00 Å². The summed E-state index contributed by atoms with van der Waals surface area (Å²) in [6.07, 6.45) is 2.11. The summed E-state index contributed by atoms with van der Waals surface area (Å²) in [5.74, 6) is 4.61. The molecule has 23 heavy (non-hydrogen) atoms. The van der Waals surface area contributed by atoms with Crippen molar-refractivity contribution in [2.45, 2.75) is 25.8 Å². The van der Waals surface area contributed by atoms with Gasteiger partial charge in [-0.1, -0.05) is 6.07 Å². The molecule has 0 fully saturated rings. The van der Waals surface area contributed by atoms with Gasteiger partial charge in [0.2, 0.25) is 5.91 Å². The zero-order valence-corrected chi connectivity index (χ0v) is 15.2. The summed E-state index contributed by atoms with van der Waals surface area (Å²) in [5, 5.41) is 2.83. The molecule has 0 aliphatic heterocycles. The minimum atomic E-state index is -2.46. The molecule has 0 bridgehead atoms. The quantitative estimate of drug-likeness (QED) is 0.691. The zero-order valence-electron chi connectivity index (χ0n) is 14.4. The fraction of sp³-hybridized carbons (Fsp3) is 0.500. The molecule has 1 unspecified atom stereocenters. The van der Waals surface area contributed by atoms with E-state index in [-0.39, 0.29) is 5.91 Å². The summed E-state index contributed by atoms with van der Waals surface area (Å²) < 4.78 is 24.9. The Kier molecular flexibility index (Phi) is 6.47. The maximum Gasteiger partial charge on any atom is 0.240 e. The first kappa shape index (κ1) is 19.3. The number of rotatable bonds is 8. The molecule has 6 nitrogen and oxygen atoms in total. The van der Waals surface area contributed by atoms with E-state index in [2.05, 4.69) is 15.9 Å². The van der Waals surface area contributed by atoms with Gasteiger partial charge < -0.3 is 14.8 Å². The van der Waals surface area contributed by atoms with Crippen LogP contribution in [0.15, 0.2) is 18.2 Å². The van der Waals surface area contributed by atoms with Crippen LogP contribution >= 0.6 is 0 Å². The highest BCUT2D eigenvalue weighted by Crippen LogP contribution is 2.27. The van der Waals surface area contributed by atoms with Crippen LogP contribution in [0.3, 0.4) is 0 Å². The van der Waals surface area contributed by atoms with Gasteiger partial charge in [0.1, 0.15) is 5.54 Å². The highest BCUT2D eigenvalue weighted by atomic mass is 32.2. The Morgan fingerprint density at radius 1 is 1.26 bits per heavy atom. The number of amides is 1. The number of nitrogens with one attached hydrogen (secondary N) is 2. The molecule has 1 atom stereocenters. The molecule has 0 aliphatic carbocycles. The predicted octanol–water partition coefficient (Wildman–Crippen LogP) is 0.992. The number of benzene rings is 1. The molecule has 0 spiro atoms. The SMILES string of the molecule is C=S(C)(=O)NC(C)(C)C(=O)NCCc1ccc(OC)c(OC)c1. The van der Waals surface area contributed by atoms with E-state index in [1.165, 1.54) is 6.26 Å². The van der Waals surface area contributed by atoms with Crippen LogP contribution in [0.25, 0.3) is 0 Å². The first-order valence-corrected chi connectivity index (χ1v) is 9.33. The predicted molar refractivity (Wildman–Crippen MR) is 94.7 cm³/mol. The van der Waals surface area contributed by atoms with Crippen LogP contribution in [-0.4, -0.2) is 48.5 Å². The summed E-state index contributed by atoms with van der Waals surface area (Å²) in [4.78, 5) is 12.2. The molecule has 1 aromatic rings. The van der Waals surface area contributed by atoms with Crippen LogP contribution in [0, 0.1) is 0 Å². The summed E-state index contributed by atoms with van der Waals surface area (Å²) in [5.41, 5.74) is 0.0655. The minimum absolute atomic E-state index is 0.226. The van der Waals surface area contributed by atoms with Crippen molar-refractivity contribution in [3.8, 4) is 11.5 Å². The number of carbonyl (C=O) groups is 1. The average molecular weight is 342 g/mol. The monoisotopic (exact) mass is 342 g/mol. The van der Waals surface area contributed by atoms with Gasteiger partial charge in [0, 0.05) is 22.5 Å². The van der Waals surface area contributed by atoms with Crippen LogP contribution in [0.1, 0.15) is 19.4 Å². The lowest BCUT2D eigenvalue weighted by Crippen LogP contribution is -2.54. The lowest BCUT2D eigenvalue weighted by molar-refractivity contribution is -0.125. The van der Waals surface area contributed by atoms with E-state index in [4.69, 9.17) is 9.47 Å². The van der Waals surface area contributed by atoms with Crippen molar-refractivity contribution in [1.29, 1.82) is 0 Å². The van der Waals surface area contributed by atoms with Crippen molar-refractivity contribution in [2.75, 3.05) is 27.0 Å². The maximum absolute atomic E-state index is 12.2. The third-order valence-corrected chi connectivity index (χ3v) is 4.13. The smallest absolute Gasteiger partial charge is 0.240 e. The minimum Gasteiger partial charge on any atom is -0.493 e. The standard InChI is InChI=1S/C16H26N2O4S/c1-16(2,18-23(5,6)20)15(19)17-10-9-12-7-8-13(21-3)14(11-12)22-4/h7-8,11H,5,9-10H2,1-4,6H3,(H,17,19)(H,18,20). The Labute approximate surface area is 138 Å². The molecule has 1 rings (SSSR count). The van der Waals surface area contributed by atoms with E-state index in [1.54, 1.807) is 28.1 Å². The first-order chi connectivity index (χ1) is 10.6. The summed E-state index contributed by atoms with van der Waals surface area (Å²) in [6, 6.07) is 5.63. The Balaban J connectivity index is 2.61. The molecule has 0 heterocycles. The number of ether oxygens (including phenoxy) is 2. The van der Waals surface area contributed by atoms with E-state index in [0.29, 0.717) is 24.5 Å².